The maximum Gasteiger partial charge on any atom is 0.314 e. The van der Waals surface area contributed by atoms with Gasteiger partial charge in [-0.3, -0.25) is 4.79 Å². The van der Waals surface area contributed by atoms with E-state index in [-0.39, 0.29) is 11.9 Å². The van der Waals surface area contributed by atoms with Crippen molar-refractivity contribution in [1.82, 2.24) is 0 Å². The van der Waals surface area contributed by atoms with Gasteiger partial charge in [0.1, 0.15) is 5.75 Å². The smallest absolute Gasteiger partial charge is 0.314 e. The van der Waals surface area contributed by atoms with Crippen LogP contribution in [0.5, 0.6) is 5.75 Å². The molecule has 0 radical (unpaired) electrons. The summed E-state index contributed by atoms with van der Waals surface area (Å²) in [6.07, 6.45) is 2.93. The molecule has 0 unspecified atom stereocenters. The Morgan fingerprint density at radius 2 is 2.12 bits per heavy atom. The predicted octanol–water partition coefficient (Wildman–Crippen LogP) is 3.51. The molecule has 0 saturated heterocycles. The topological polar surface area (TPSA) is 26.3 Å². The molecule has 2 rings (SSSR count). The van der Waals surface area contributed by atoms with E-state index < -0.39 is 0 Å². The van der Waals surface area contributed by atoms with E-state index in [1.807, 2.05) is 13.0 Å². The second-order valence-corrected chi connectivity index (χ2v) is 5.40. The Hall–Kier alpha value is -1.31. The highest BCUT2D eigenvalue weighted by Crippen LogP contribution is 2.32. The highest BCUT2D eigenvalue weighted by atomic mass is 16.5. The Bertz CT molecular complexity index is 417. The molecule has 1 aromatic rings. The van der Waals surface area contributed by atoms with Crippen LogP contribution in [0.25, 0.3) is 0 Å². The molecule has 2 nitrogen and oxygen atoms in total. The maximum absolute atomic E-state index is 11.7. The first-order valence-electron chi connectivity index (χ1n) is 6.37. The number of carbonyl (C=O) groups excluding carboxylic acids is 1. The average Bonchev–Trinajstić information content (AvgIpc) is 3.05. The molecule has 0 N–H and O–H groups in total. The van der Waals surface area contributed by atoms with E-state index in [0.29, 0.717) is 5.92 Å². The molecule has 2 heteroatoms. The van der Waals surface area contributed by atoms with Crippen LogP contribution in [0, 0.1) is 18.8 Å². The summed E-state index contributed by atoms with van der Waals surface area (Å²) in [5.74, 6) is 1.43. The first-order valence-corrected chi connectivity index (χ1v) is 6.37. The summed E-state index contributed by atoms with van der Waals surface area (Å²) in [4.78, 5) is 11.7. The van der Waals surface area contributed by atoms with Crippen molar-refractivity contribution in [3.05, 3.63) is 29.3 Å². The van der Waals surface area contributed by atoms with Crippen LogP contribution in [0.15, 0.2) is 18.2 Å². The quantitative estimate of drug-likeness (QED) is 0.586. The lowest BCUT2D eigenvalue weighted by molar-refractivity contribution is -0.135. The minimum atomic E-state index is -0.0550. The molecule has 0 amide bonds. The van der Waals surface area contributed by atoms with E-state index in [0.717, 1.165) is 36.1 Å². The Kier molecular flexibility index (Phi) is 3.51. The van der Waals surface area contributed by atoms with Gasteiger partial charge in [-0.1, -0.05) is 26.0 Å². The van der Waals surface area contributed by atoms with Gasteiger partial charge in [0.25, 0.3) is 0 Å². The van der Waals surface area contributed by atoms with Crippen LogP contribution in [-0.4, -0.2) is 5.97 Å². The third kappa shape index (κ3) is 3.32. The third-order valence-corrected chi connectivity index (χ3v) is 2.97. The fourth-order valence-corrected chi connectivity index (χ4v) is 1.88. The zero-order chi connectivity index (χ0) is 12.4. The molecule has 1 aliphatic rings. The van der Waals surface area contributed by atoms with E-state index in [2.05, 4.69) is 26.0 Å². The minimum Gasteiger partial charge on any atom is -0.426 e. The molecule has 0 heterocycles. The average molecular weight is 232 g/mol. The molecule has 1 aliphatic carbocycles. The van der Waals surface area contributed by atoms with Gasteiger partial charge in [0, 0.05) is 0 Å². The van der Waals surface area contributed by atoms with Crippen molar-refractivity contribution in [2.75, 3.05) is 0 Å². The highest BCUT2D eigenvalue weighted by Gasteiger charge is 2.32. The largest absolute Gasteiger partial charge is 0.426 e. The molecule has 0 aliphatic heterocycles. The summed E-state index contributed by atoms with van der Waals surface area (Å²) in [5.41, 5.74) is 2.27. The van der Waals surface area contributed by atoms with Crippen LogP contribution in [0.3, 0.4) is 0 Å². The van der Waals surface area contributed by atoms with Crippen molar-refractivity contribution in [3.8, 4) is 5.75 Å². The minimum absolute atomic E-state index is 0.0550. The lowest BCUT2D eigenvalue weighted by Gasteiger charge is -2.12. The second-order valence-electron chi connectivity index (χ2n) is 5.40. The Balaban J connectivity index is 2.16. The number of esters is 1. The zero-order valence-corrected chi connectivity index (χ0v) is 10.8. The molecule has 0 spiro atoms. The van der Waals surface area contributed by atoms with Crippen LogP contribution in [0.1, 0.15) is 37.8 Å². The molecule has 1 saturated carbocycles. The van der Waals surface area contributed by atoms with Gasteiger partial charge in [0.15, 0.2) is 0 Å². The van der Waals surface area contributed by atoms with Crippen LogP contribution in [0.2, 0.25) is 0 Å². The van der Waals surface area contributed by atoms with Crippen molar-refractivity contribution >= 4 is 5.97 Å². The lowest BCUT2D eigenvalue weighted by atomic mass is 10.0. The Labute approximate surface area is 103 Å². The van der Waals surface area contributed by atoms with Crippen molar-refractivity contribution in [2.45, 2.75) is 40.0 Å². The van der Waals surface area contributed by atoms with Gasteiger partial charge in [-0.15, -0.1) is 0 Å². The van der Waals surface area contributed by atoms with Crippen molar-refractivity contribution < 1.29 is 9.53 Å². The second kappa shape index (κ2) is 4.91. The maximum atomic E-state index is 11.7. The summed E-state index contributed by atoms with van der Waals surface area (Å²) < 4.78 is 5.51. The molecule has 0 atom stereocenters. The number of carbonyl (C=O) groups is 1. The van der Waals surface area contributed by atoms with E-state index >= 15 is 0 Å². The first-order chi connectivity index (χ1) is 8.06. The van der Waals surface area contributed by atoms with Gasteiger partial charge >= 0.3 is 5.97 Å². The summed E-state index contributed by atoms with van der Waals surface area (Å²) in [7, 11) is 0. The number of rotatable bonds is 4. The van der Waals surface area contributed by atoms with Crippen LogP contribution in [0.4, 0.5) is 0 Å². The lowest BCUT2D eigenvalue weighted by Crippen LogP contribution is -2.12. The van der Waals surface area contributed by atoms with Crippen LogP contribution >= 0.6 is 0 Å². The number of aryl methyl sites for hydroxylation is 1. The zero-order valence-electron chi connectivity index (χ0n) is 10.8. The molecule has 17 heavy (non-hydrogen) atoms. The van der Waals surface area contributed by atoms with Gasteiger partial charge in [0.2, 0.25) is 0 Å². The normalized spacial score (nSPS) is 15.1. The molecule has 0 bridgehead atoms. The molecule has 0 aromatic heterocycles. The van der Waals surface area contributed by atoms with Gasteiger partial charge in [0.05, 0.1) is 5.92 Å². The first kappa shape index (κ1) is 12.2. The van der Waals surface area contributed by atoms with Crippen molar-refractivity contribution in [2.24, 2.45) is 11.8 Å². The monoisotopic (exact) mass is 232 g/mol. The molecule has 92 valence electrons. The van der Waals surface area contributed by atoms with E-state index in [1.54, 1.807) is 0 Å². The fourth-order valence-electron chi connectivity index (χ4n) is 1.88. The number of benzene rings is 1. The standard InChI is InChI=1S/C15H20O2/c1-10(2)8-13-5-4-11(3)9-14(13)17-15(16)12-6-7-12/h4-5,9-10,12H,6-8H2,1-3H3. The van der Waals surface area contributed by atoms with Crippen LogP contribution in [-0.2, 0) is 11.2 Å². The number of ether oxygens (including phenoxy) is 1. The highest BCUT2D eigenvalue weighted by molar-refractivity contribution is 5.77. The van der Waals surface area contributed by atoms with E-state index in [4.69, 9.17) is 4.74 Å². The summed E-state index contributed by atoms with van der Waals surface area (Å²) >= 11 is 0. The fraction of sp³-hybridized carbons (Fsp3) is 0.533. The number of hydrogen-bond acceptors (Lipinski definition) is 2. The number of hydrogen-bond donors (Lipinski definition) is 0. The summed E-state index contributed by atoms with van der Waals surface area (Å²) in [5, 5.41) is 0. The van der Waals surface area contributed by atoms with E-state index in [9.17, 15) is 4.79 Å². The predicted molar refractivity (Wildman–Crippen MR) is 68.1 cm³/mol. The molecule has 1 fully saturated rings. The van der Waals surface area contributed by atoms with E-state index in [1.165, 1.54) is 0 Å². The summed E-state index contributed by atoms with van der Waals surface area (Å²) in [6, 6.07) is 6.12. The van der Waals surface area contributed by atoms with Crippen molar-refractivity contribution in [3.63, 3.8) is 0 Å². The summed E-state index contributed by atoms with van der Waals surface area (Å²) in [6.45, 7) is 6.37. The molecular weight excluding hydrogens is 212 g/mol. The SMILES string of the molecule is Cc1ccc(CC(C)C)c(OC(=O)C2CC2)c1. The molecular formula is C15H20O2. The van der Waals surface area contributed by atoms with Gasteiger partial charge in [-0.05, 0) is 49.3 Å². The Morgan fingerprint density at radius 3 is 2.71 bits per heavy atom. The van der Waals surface area contributed by atoms with Crippen molar-refractivity contribution in [1.29, 1.82) is 0 Å². The molecule has 1 aromatic carbocycles. The van der Waals surface area contributed by atoms with Crippen LogP contribution < -0.4 is 4.74 Å². The third-order valence-electron chi connectivity index (χ3n) is 2.97. The van der Waals surface area contributed by atoms with Gasteiger partial charge in [-0.2, -0.15) is 0 Å². The Morgan fingerprint density at radius 1 is 1.41 bits per heavy atom. The van der Waals surface area contributed by atoms with Gasteiger partial charge < -0.3 is 4.74 Å². The van der Waals surface area contributed by atoms with Gasteiger partial charge in [-0.25, -0.2) is 0 Å².